The van der Waals surface area contributed by atoms with E-state index >= 15 is 0 Å². The maximum absolute atomic E-state index is 8.37. The van der Waals surface area contributed by atoms with Crippen LogP contribution in [0.3, 0.4) is 0 Å². The number of aromatic nitrogens is 2. The summed E-state index contributed by atoms with van der Waals surface area (Å²) in [6.07, 6.45) is 1.13. The van der Waals surface area contributed by atoms with Crippen LogP contribution >= 0.6 is 11.6 Å². The van der Waals surface area contributed by atoms with Gasteiger partial charge in [-0.15, -0.1) is 0 Å². The highest BCUT2D eigenvalue weighted by Crippen LogP contribution is 2.22. The Morgan fingerprint density at radius 1 is 1.29 bits per heavy atom. The van der Waals surface area contributed by atoms with Crippen LogP contribution in [0.1, 0.15) is 19.0 Å². The summed E-state index contributed by atoms with van der Waals surface area (Å²) in [5.74, 6) is 1.50. The zero-order valence-electron chi connectivity index (χ0n) is 16.9. The van der Waals surface area contributed by atoms with E-state index in [1.54, 1.807) is 17.0 Å². The smallest absolute Gasteiger partial charge is 0.231 e. The number of likely N-dealkylation sites (tertiary alicyclic amines) is 1. The first-order valence-electron chi connectivity index (χ1n) is 9.53. The van der Waals surface area contributed by atoms with Gasteiger partial charge < -0.3 is 14.7 Å². The van der Waals surface area contributed by atoms with Gasteiger partial charge in [0.05, 0.1) is 0 Å². The van der Waals surface area contributed by atoms with Crippen LogP contribution in [0.5, 0.6) is 0 Å². The Morgan fingerprint density at radius 3 is 2.64 bits per heavy atom. The normalized spacial score (nSPS) is 16.8. The number of hydrogen-bond acceptors (Lipinski definition) is 5. The van der Waals surface area contributed by atoms with E-state index in [1.165, 1.54) is 0 Å². The number of benzene rings is 1. The number of guanidine groups is 1. The summed E-state index contributed by atoms with van der Waals surface area (Å²) in [5, 5.41) is 12.1. The largest absolute Gasteiger partial charge is 0.355 e. The van der Waals surface area contributed by atoms with Crippen molar-refractivity contribution in [3.05, 3.63) is 41.0 Å². The Bertz CT molecular complexity index is 824. The lowest BCUT2D eigenvalue weighted by molar-refractivity contribution is 0.352. The van der Waals surface area contributed by atoms with Crippen molar-refractivity contribution in [3.8, 4) is 0 Å². The topological polar surface area (TPSA) is 71.4 Å². The summed E-state index contributed by atoms with van der Waals surface area (Å²) in [4.78, 5) is 15.5. The van der Waals surface area contributed by atoms with E-state index in [9.17, 15) is 0 Å². The molecule has 0 amide bonds. The first-order valence-corrected chi connectivity index (χ1v) is 9.91. The van der Waals surface area contributed by atoms with Crippen LogP contribution in [-0.2, 0) is 0 Å². The average molecular weight is 402 g/mol. The van der Waals surface area contributed by atoms with E-state index in [2.05, 4.69) is 39.1 Å². The molecule has 2 aromatic rings. The summed E-state index contributed by atoms with van der Waals surface area (Å²) in [5.41, 5.74) is 1.73. The van der Waals surface area contributed by atoms with Crippen LogP contribution in [0.2, 0.25) is 5.02 Å². The second kappa shape index (κ2) is 8.75. The fourth-order valence-corrected chi connectivity index (χ4v) is 3.50. The summed E-state index contributed by atoms with van der Waals surface area (Å²) >= 11 is 5.95. The Hall–Kier alpha value is -2.38. The number of nitrogens with zero attached hydrogens (tertiary/aromatic N) is 5. The summed E-state index contributed by atoms with van der Waals surface area (Å²) in [7, 11) is 3.90. The van der Waals surface area contributed by atoms with E-state index in [0.717, 1.165) is 43.3 Å². The summed E-state index contributed by atoms with van der Waals surface area (Å²) in [6, 6.07) is 9.78. The Kier molecular flexibility index (Phi) is 6.36. The number of rotatable bonds is 5. The minimum Gasteiger partial charge on any atom is -0.355 e. The highest BCUT2D eigenvalue weighted by atomic mass is 35.5. The number of halogens is 1. The molecule has 1 saturated heterocycles. The molecule has 0 spiro atoms. The fourth-order valence-electron chi connectivity index (χ4n) is 3.37. The molecule has 1 aromatic carbocycles. The van der Waals surface area contributed by atoms with Crippen molar-refractivity contribution >= 4 is 35.0 Å². The molecule has 2 N–H and O–H groups in total. The number of nitrogens with one attached hydrogen (secondary N) is 2. The molecule has 0 radical (unpaired) electrons. The number of anilines is 3. The number of hydrogen-bond donors (Lipinski definition) is 2. The number of likely N-dealkylation sites (N-methyl/N-ethyl adjacent to an activating group) is 2. The van der Waals surface area contributed by atoms with Crippen molar-refractivity contribution in [1.29, 1.82) is 5.41 Å². The molecule has 28 heavy (non-hydrogen) atoms. The van der Waals surface area contributed by atoms with E-state index in [4.69, 9.17) is 17.0 Å². The Labute approximate surface area is 171 Å². The third kappa shape index (κ3) is 4.72. The van der Waals surface area contributed by atoms with Crippen LogP contribution in [0.4, 0.5) is 17.5 Å². The summed E-state index contributed by atoms with van der Waals surface area (Å²) < 4.78 is 0. The quantitative estimate of drug-likeness (QED) is 0.590. The maximum Gasteiger partial charge on any atom is 0.231 e. The van der Waals surface area contributed by atoms with Gasteiger partial charge in [-0.1, -0.05) is 18.5 Å². The molecule has 1 atom stereocenters. The fraction of sp³-hybridized carbons (Fsp3) is 0.450. The zero-order valence-corrected chi connectivity index (χ0v) is 17.7. The van der Waals surface area contributed by atoms with Crippen LogP contribution in [0.25, 0.3) is 0 Å². The predicted molar refractivity (Wildman–Crippen MR) is 117 cm³/mol. The molecule has 1 aliphatic rings. The Balaban J connectivity index is 1.72. The van der Waals surface area contributed by atoms with Crippen molar-refractivity contribution < 1.29 is 0 Å². The first kappa shape index (κ1) is 20.4. The second-order valence-corrected chi connectivity index (χ2v) is 7.58. The minimum atomic E-state index is 0.194. The molecule has 2 heterocycles. The third-order valence-electron chi connectivity index (χ3n) is 5.22. The van der Waals surface area contributed by atoms with Gasteiger partial charge in [-0.05, 0) is 44.2 Å². The molecular weight excluding hydrogens is 374 g/mol. The lowest BCUT2D eigenvalue weighted by atomic mass is 10.2. The van der Waals surface area contributed by atoms with Gasteiger partial charge in [-0.25, -0.2) is 4.98 Å². The predicted octanol–water partition coefficient (Wildman–Crippen LogP) is 3.45. The molecule has 150 valence electrons. The van der Waals surface area contributed by atoms with Crippen LogP contribution in [0, 0.1) is 12.3 Å². The van der Waals surface area contributed by atoms with Crippen molar-refractivity contribution in [2.24, 2.45) is 0 Å². The molecule has 0 bridgehead atoms. The van der Waals surface area contributed by atoms with Gasteiger partial charge in [0.2, 0.25) is 11.9 Å². The van der Waals surface area contributed by atoms with Gasteiger partial charge in [0.1, 0.15) is 5.82 Å². The van der Waals surface area contributed by atoms with Crippen LogP contribution < -0.4 is 15.1 Å². The molecule has 1 aromatic heterocycles. The molecule has 8 heteroatoms. The van der Waals surface area contributed by atoms with Gasteiger partial charge in [-0.2, -0.15) is 4.98 Å². The SMILES string of the molecule is CCN1CCC(N(C)c2cc(C)nc(NC(=N)N(C)c3ccc(Cl)cc3)n2)C1. The molecule has 0 aliphatic carbocycles. The minimum absolute atomic E-state index is 0.194. The van der Waals surface area contributed by atoms with Gasteiger partial charge in [0, 0.05) is 55.7 Å². The highest BCUT2D eigenvalue weighted by molar-refractivity contribution is 6.30. The molecule has 1 unspecified atom stereocenters. The number of aryl methyl sites for hydroxylation is 1. The van der Waals surface area contributed by atoms with Gasteiger partial charge in [-0.3, -0.25) is 10.7 Å². The average Bonchev–Trinajstić information content (AvgIpc) is 3.16. The van der Waals surface area contributed by atoms with Crippen molar-refractivity contribution in [2.75, 3.05) is 48.8 Å². The first-order chi connectivity index (χ1) is 13.4. The van der Waals surface area contributed by atoms with Crippen LogP contribution in [0.15, 0.2) is 30.3 Å². The lowest BCUT2D eigenvalue weighted by Gasteiger charge is -2.26. The van der Waals surface area contributed by atoms with Crippen molar-refractivity contribution in [2.45, 2.75) is 26.3 Å². The van der Waals surface area contributed by atoms with E-state index in [-0.39, 0.29) is 5.96 Å². The maximum atomic E-state index is 8.37. The molecule has 1 aliphatic heterocycles. The van der Waals surface area contributed by atoms with E-state index < -0.39 is 0 Å². The van der Waals surface area contributed by atoms with E-state index in [1.807, 2.05) is 32.2 Å². The van der Waals surface area contributed by atoms with Gasteiger partial charge in [0.25, 0.3) is 0 Å². The standard InChI is InChI=1S/C20H28ClN7/c1-5-28-11-10-17(13-28)26(3)18-12-14(2)23-20(24-18)25-19(22)27(4)16-8-6-15(21)7-9-16/h6-9,12,17H,5,10-11,13H2,1-4H3,(H2,22,23,24,25). The van der Waals surface area contributed by atoms with Gasteiger partial charge in [0.15, 0.2) is 0 Å². The molecule has 3 rings (SSSR count). The van der Waals surface area contributed by atoms with Crippen molar-refractivity contribution in [1.82, 2.24) is 14.9 Å². The summed E-state index contributed by atoms with van der Waals surface area (Å²) in [6.45, 7) is 7.39. The molecular formula is C20H28ClN7. The van der Waals surface area contributed by atoms with E-state index in [0.29, 0.717) is 17.0 Å². The van der Waals surface area contributed by atoms with Gasteiger partial charge >= 0.3 is 0 Å². The monoisotopic (exact) mass is 401 g/mol. The molecule has 1 fully saturated rings. The lowest BCUT2D eigenvalue weighted by Crippen LogP contribution is -2.36. The second-order valence-electron chi connectivity index (χ2n) is 7.15. The van der Waals surface area contributed by atoms with Crippen molar-refractivity contribution in [3.63, 3.8) is 0 Å². The Morgan fingerprint density at radius 2 is 2.00 bits per heavy atom. The molecule has 0 saturated carbocycles. The highest BCUT2D eigenvalue weighted by Gasteiger charge is 2.26. The third-order valence-corrected chi connectivity index (χ3v) is 5.48. The molecule has 7 nitrogen and oxygen atoms in total. The zero-order chi connectivity index (χ0) is 20.3. The van der Waals surface area contributed by atoms with Crippen LogP contribution in [-0.4, -0.2) is 60.6 Å².